The number of hydrogen-bond acceptors (Lipinski definition) is 0. The molecular weight excluding hydrogens is 770 g/mol. The third-order valence-electron chi connectivity index (χ3n) is 11.2. The average molecular weight is 845 g/mol. The van der Waals surface area contributed by atoms with E-state index in [-0.39, 0.29) is 5.04 Å². The molecule has 2 rings (SSSR count). The van der Waals surface area contributed by atoms with Crippen LogP contribution in [-0.2, 0) is 0 Å². The summed E-state index contributed by atoms with van der Waals surface area (Å²) in [6, 6.07) is 24.1. The molecule has 0 bridgehead atoms. The summed E-state index contributed by atoms with van der Waals surface area (Å²) >= 11 is -5.64. The molecule has 254 valence electrons. The Bertz CT molecular complexity index is 952. The fourth-order valence-corrected chi connectivity index (χ4v) is 88.5. The standard InChI is InChI=1S/C18H20Si.6C4H9.2Sn/c1-5-19(18(2,3)4,16-12-8-6-9-13-16)17-14-10-7-11-15-17;6*1-3-4-2;;/h5-15H,2-4H3;6*1,3-4H2,2H3;;. The molecule has 45 heavy (non-hydrogen) atoms. The Morgan fingerprint density at radius 1 is 0.489 bits per heavy atom. The Labute approximate surface area is 291 Å². The number of unbranched alkanes of at least 4 members (excludes halogenated alkanes) is 6. The van der Waals surface area contributed by atoms with E-state index in [0.29, 0.717) is 0 Å². The third kappa shape index (κ3) is 11.0. The van der Waals surface area contributed by atoms with Crippen LogP contribution in [0.2, 0.25) is 31.7 Å². The number of hydrogen-bond donors (Lipinski definition) is 0. The van der Waals surface area contributed by atoms with Crippen LogP contribution in [0.25, 0.3) is 0 Å². The topological polar surface area (TPSA) is 0 Å². The van der Waals surface area contributed by atoms with Crippen molar-refractivity contribution in [3.05, 3.63) is 68.0 Å². The van der Waals surface area contributed by atoms with Crippen molar-refractivity contribution in [2.24, 2.45) is 0 Å². The second-order valence-electron chi connectivity index (χ2n) is 15.5. The molecule has 0 aliphatic heterocycles. The van der Waals surface area contributed by atoms with Gasteiger partial charge in [0.25, 0.3) is 0 Å². The summed E-state index contributed by atoms with van der Waals surface area (Å²) in [5.41, 5.74) is 3.31. The Kier molecular flexibility index (Phi) is 19.4. The molecule has 0 unspecified atom stereocenters. The van der Waals surface area contributed by atoms with E-state index >= 15 is 0 Å². The molecule has 0 fully saturated rings. The minimum atomic E-state index is -2.82. The zero-order valence-corrected chi connectivity index (χ0v) is 38.3. The van der Waals surface area contributed by atoms with E-state index in [0.717, 1.165) is 0 Å². The van der Waals surface area contributed by atoms with Crippen LogP contribution in [0.4, 0.5) is 0 Å². The van der Waals surface area contributed by atoms with Gasteiger partial charge in [-0.15, -0.1) is 0 Å². The molecule has 0 aliphatic carbocycles. The van der Waals surface area contributed by atoms with Gasteiger partial charge in [-0.2, -0.15) is 0 Å². The van der Waals surface area contributed by atoms with Crippen molar-refractivity contribution in [2.45, 2.75) is 171 Å². The summed E-state index contributed by atoms with van der Waals surface area (Å²) in [6.07, 6.45) is 17.0. The SMILES string of the molecule is CCC[CH2][Sn]([CH2]CCC)([CH2]CCC)[C](=C[Si](c1ccccc1)(c1ccccc1)C(C)(C)C)[Sn]([CH2]CCC)([CH2]CCC)[CH2]CCC. The van der Waals surface area contributed by atoms with Crippen LogP contribution in [0, 0.1) is 0 Å². The fourth-order valence-electron chi connectivity index (χ4n) is 8.55. The van der Waals surface area contributed by atoms with E-state index in [1.54, 1.807) is 37.0 Å². The summed E-state index contributed by atoms with van der Waals surface area (Å²) < 4.78 is 12.1. The van der Waals surface area contributed by atoms with E-state index in [9.17, 15) is 0 Å². The quantitative estimate of drug-likeness (QED) is 0.0978. The van der Waals surface area contributed by atoms with Crippen LogP contribution in [0.5, 0.6) is 0 Å². The van der Waals surface area contributed by atoms with Crippen LogP contribution in [0.1, 0.15) is 139 Å². The first-order valence-electron chi connectivity index (χ1n) is 19.5. The van der Waals surface area contributed by atoms with Gasteiger partial charge in [-0.3, -0.25) is 0 Å². The molecule has 3 heteroatoms. The van der Waals surface area contributed by atoms with Crippen LogP contribution < -0.4 is 10.4 Å². The zero-order chi connectivity index (χ0) is 33.2. The van der Waals surface area contributed by atoms with Crippen molar-refractivity contribution in [1.82, 2.24) is 0 Å². The molecule has 0 nitrogen and oxygen atoms in total. The van der Waals surface area contributed by atoms with Crippen LogP contribution in [-0.4, -0.2) is 44.8 Å². The van der Waals surface area contributed by atoms with Gasteiger partial charge < -0.3 is 0 Å². The number of rotatable bonds is 23. The molecule has 2 aromatic carbocycles. The molecule has 0 heterocycles. The molecule has 0 saturated carbocycles. The molecule has 0 N–H and O–H groups in total. The van der Waals surface area contributed by atoms with Gasteiger partial charge in [0.2, 0.25) is 0 Å². The van der Waals surface area contributed by atoms with Crippen molar-refractivity contribution in [3.63, 3.8) is 0 Å². The van der Waals surface area contributed by atoms with E-state index in [1.165, 1.54) is 77.0 Å². The van der Waals surface area contributed by atoms with Crippen LogP contribution >= 0.6 is 0 Å². The molecule has 0 amide bonds. The van der Waals surface area contributed by atoms with Crippen LogP contribution in [0.3, 0.4) is 0 Å². The summed E-state index contributed by atoms with van der Waals surface area (Å²) in [5, 5.41) is 3.51. The van der Waals surface area contributed by atoms with Gasteiger partial charge in [0.05, 0.1) is 0 Å². The van der Waals surface area contributed by atoms with Gasteiger partial charge in [0.15, 0.2) is 0 Å². The van der Waals surface area contributed by atoms with Crippen molar-refractivity contribution in [3.8, 4) is 0 Å². The van der Waals surface area contributed by atoms with Gasteiger partial charge >= 0.3 is 294 Å². The van der Waals surface area contributed by atoms with Crippen molar-refractivity contribution >= 4 is 55.2 Å². The normalized spacial score (nSPS) is 12.8. The zero-order valence-electron chi connectivity index (χ0n) is 31.6. The summed E-state index contributed by atoms with van der Waals surface area (Å²) in [4.78, 5) is 0. The molecule has 0 saturated heterocycles. The van der Waals surface area contributed by atoms with E-state index < -0.39 is 44.8 Å². The molecule has 0 spiro atoms. The maximum absolute atomic E-state index is 3.31. The summed E-state index contributed by atoms with van der Waals surface area (Å²) in [6.45, 7) is 22.7. The van der Waals surface area contributed by atoms with E-state index in [2.05, 4.69) is 130 Å². The summed E-state index contributed by atoms with van der Waals surface area (Å²) in [7, 11) is -2.32. The second-order valence-corrected chi connectivity index (χ2v) is 50.4. The molecule has 0 aliphatic rings. The van der Waals surface area contributed by atoms with Gasteiger partial charge in [-0.25, -0.2) is 0 Å². The first-order chi connectivity index (χ1) is 21.7. The molecular formula is C42H74SiSn2. The number of benzene rings is 2. The predicted molar refractivity (Wildman–Crippen MR) is 216 cm³/mol. The van der Waals surface area contributed by atoms with Crippen molar-refractivity contribution in [2.75, 3.05) is 0 Å². The molecule has 2 aromatic rings. The predicted octanol–water partition coefficient (Wildman–Crippen LogP) is 13.3. The Hall–Kier alpha value is -0.00571. The molecule has 0 aromatic heterocycles. The maximum atomic E-state index is 3.31. The summed E-state index contributed by atoms with van der Waals surface area (Å²) in [5.74, 6) is 0. The van der Waals surface area contributed by atoms with Gasteiger partial charge in [-0.05, 0) is 0 Å². The van der Waals surface area contributed by atoms with Gasteiger partial charge in [-0.1, -0.05) is 0 Å². The molecule has 0 radical (unpaired) electrons. The average Bonchev–Trinajstić information content (AvgIpc) is 3.05. The Morgan fingerprint density at radius 3 is 0.978 bits per heavy atom. The second kappa shape index (κ2) is 21.2. The Balaban J connectivity index is 3.29. The van der Waals surface area contributed by atoms with Crippen LogP contribution in [0.15, 0.2) is 68.0 Å². The minimum absolute atomic E-state index is 0.191. The van der Waals surface area contributed by atoms with Crippen molar-refractivity contribution in [1.29, 1.82) is 0 Å². The van der Waals surface area contributed by atoms with E-state index in [1.807, 2.05) is 0 Å². The fraction of sp³-hybridized carbons (Fsp3) is 0.667. The van der Waals surface area contributed by atoms with Gasteiger partial charge in [0, 0.05) is 0 Å². The van der Waals surface area contributed by atoms with Gasteiger partial charge in [0.1, 0.15) is 0 Å². The van der Waals surface area contributed by atoms with E-state index in [4.69, 9.17) is 0 Å². The first kappa shape index (κ1) is 41.2. The Morgan fingerprint density at radius 2 is 0.756 bits per heavy atom. The first-order valence-corrected chi connectivity index (χ1v) is 36.6. The third-order valence-corrected chi connectivity index (χ3v) is 68.5. The monoisotopic (exact) mass is 846 g/mol. The molecule has 0 atom stereocenters. The van der Waals surface area contributed by atoms with Crippen molar-refractivity contribution < 1.29 is 0 Å².